The molecule has 0 fully saturated rings. The molecule has 0 saturated carbocycles. The SMILES string of the molecule is CCC(NC(=O)N(S)c1ccc2nc[nH]c2c1)c1ccccc1. The highest BCUT2D eigenvalue weighted by molar-refractivity contribution is 7.82. The predicted molar refractivity (Wildman–Crippen MR) is 95.6 cm³/mol. The van der Waals surface area contributed by atoms with E-state index in [2.05, 4.69) is 28.1 Å². The van der Waals surface area contributed by atoms with Gasteiger partial charge < -0.3 is 10.3 Å². The topological polar surface area (TPSA) is 61.0 Å². The number of anilines is 1. The molecule has 1 atom stereocenters. The number of aromatic amines is 1. The first kappa shape index (κ1) is 15.4. The van der Waals surface area contributed by atoms with Gasteiger partial charge in [-0.05, 0) is 30.2 Å². The van der Waals surface area contributed by atoms with Gasteiger partial charge >= 0.3 is 6.03 Å². The second-order valence-electron chi connectivity index (χ2n) is 5.24. The minimum absolute atomic E-state index is 0.0470. The summed E-state index contributed by atoms with van der Waals surface area (Å²) in [6, 6.07) is 15.1. The molecule has 1 heterocycles. The summed E-state index contributed by atoms with van der Waals surface area (Å²) in [5, 5.41) is 3.01. The Morgan fingerprint density at radius 3 is 2.83 bits per heavy atom. The van der Waals surface area contributed by atoms with Crippen molar-refractivity contribution in [3.05, 3.63) is 60.4 Å². The van der Waals surface area contributed by atoms with Gasteiger partial charge in [-0.25, -0.2) is 14.1 Å². The van der Waals surface area contributed by atoms with Crippen molar-refractivity contribution in [1.29, 1.82) is 0 Å². The molecule has 2 N–H and O–H groups in total. The Hall–Kier alpha value is -2.47. The van der Waals surface area contributed by atoms with Crippen molar-refractivity contribution in [1.82, 2.24) is 15.3 Å². The zero-order valence-corrected chi connectivity index (χ0v) is 13.6. The number of fused-ring (bicyclic) bond motifs is 1. The average molecular weight is 326 g/mol. The maximum absolute atomic E-state index is 12.5. The highest BCUT2D eigenvalue weighted by Crippen LogP contribution is 2.23. The molecule has 0 bridgehead atoms. The fourth-order valence-electron chi connectivity index (χ4n) is 2.49. The fourth-order valence-corrected chi connectivity index (χ4v) is 2.67. The van der Waals surface area contributed by atoms with Crippen LogP contribution in [0.3, 0.4) is 0 Å². The largest absolute Gasteiger partial charge is 0.345 e. The van der Waals surface area contributed by atoms with Crippen LogP contribution in [0.15, 0.2) is 54.9 Å². The number of thiol groups is 1. The normalized spacial score (nSPS) is 12.1. The van der Waals surface area contributed by atoms with Gasteiger partial charge in [0.1, 0.15) is 0 Å². The van der Waals surface area contributed by atoms with Crippen LogP contribution in [0.5, 0.6) is 0 Å². The summed E-state index contributed by atoms with van der Waals surface area (Å²) in [5.74, 6) is 0. The molecule has 3 aromatic rings. The number of amides is 2. The molecule has 0 aliphatic rings. The zero-order chi connectivity index (χ0) is 16.2. The van der Waals surface area contributed by atoms with E-state index in [1.807, 2.05) is 55.5 Å². The molecule has 1 aromatic heterocycles. The van der Waals surface area contributed by atoms with E-state index in [1.165, 1.54) is 4.31 Å². The van der Waals surface area contributed by atoms with Crippen LogP contribution in [0.1, 0.15) is 24.9 Å². The Morgan fingerprint density at radius 1 is 1.30 bits per heavy atom. The first-order valence-electron chi connectivity index (χ1n) is 7.46. The summed E-state index contributed by atoms with van der Waals surface area (Å²) >= 11 is 4.33. The number of benzene rings is 2. The molecular formula is C17H18N4OS. The van der Waals surface area contributed by atoms with Crippen LogP contribution in [-0.4, -0.2) is 16.0 Å². The number of nitrogens with zero attached hydrogens (tertiary/aromatic N) is 2. The number of H-pyrrole nitrogens is 1. The van der Waals surface area contributed by atoms with E-state index in [9.17, 15) is 4.79 Å². The lowest BCUT2D eigenvalue weighted by Crippen LogP contribution is -2.36. The van der Waals surface area contributed by atoms with E-state index in [0.717, 1.165) is 23.0 Å². The van der Waals surface area contributed by atoms with Crippen LogP contribution >= 0.6 is 12.8 Å². The Bertz CT molecular complexity index is 802. The second kappa shape index (κ2) is 6.75. The third-order valence-corrected chi connectivity index (χ3v) is 4.16. The number of carbonyl (C=O) groups excluding carboxylic acids is 1. The molecule has 1 unspecified atom stereocenters. The smallest absolute Gasteiger partial charge is 0.332 e. The Kier molecular flexibility index (Phi) is 4.52. The van der Waals surface area contributed by atoms with E-state index in [4.69, 9.17) is 0 Å². The first-order valence-corrected chi connectivity index (χ1v) is 7.86. The van der Waals surface area contributed by atoms with Gasteiger partial charge in [0.2, 0.25) is 0 Å². The molecule has 0 saturated heterocycles. The fraction of sp³-hybridized carbons (Fsp3) is 0.176. The lowest BCUT2D eigenvalue weighted by molar-refractivity contribution is 0.246. The van der Waals surface area contributed by atoms with Crippen molar-refractivity contribution in [2.24, 2.45) is 0 Å². The molecule has 118 valence electrons. The van der Waals surface area contributed by atoms with Gasteiger partial charge in [-0.15, -0.1) is 0 Å². The summed E-state index contributed by atoms with van der Waals surface area (Å²) in [4.78, 5) is 19.7. The highest BCUT2D eigenvalue weighted by Gasteiger charge is 2.17. The van der Waals surface area contributed by atoms with Crippen molar-refractivity contribution < 1.29 is 4.79 Å². The van der Waals surface area contributed by atoms with Gasteiger partial charge in [0.15, 0.2) is 0 Å². The number of rotatable bonds is 4. The van der Waals surface area contributed by atoms with Crippen LogP contribution in [0, 0.1) is 0 Å². The number of nitrogens with one attached hydrogen (secondary N) is 2. The van der Waals surface area contributed by atoms with Gasteiger partial charge in [0.25, 0.3) is 0 Å². The maximum Gasteiger partial charge on any atom is 0.332 e. The van der Waals surface area contributed by atoms with Crippen LogP contribution < -0.4 is 9.62 Å². The summed E-state index contributed by atoms with van der Waals surface area (Å²) in [6.45, 7) is 2.04. The second-order valence-corrected chi connectivity index (χ2v) is 5.64. The Morgan fingerprint density at radius 2 is 2.09 bits per heavy atom. The van der Waals surface area contributed by atoms with Crippen molar-refractivity contribution in [3.8, 4) is 0 Å². The van der Waals surface area contributed by atoms with Crippen LogP contribution in [0.25, 0.3) is 11.0 Å². The maximum atomic E-state index is 12.5. The molecular weight excluding hydrogens is 308 g/mol. The third kappa shape index (κ3) is 3.32. The van der Waals surface area contributed by atoms with Gasteiger partial charge in [0, 0.05) is 0 Å². The summed E-state index contributed by atoms with van der Waals surface area (Å²) in [5.41, 5.74) is 3.48. The summed E-state index contributed by atoms with van der Waals surface area (Å²) in [7, 11) is 0. The Balaban J connectivity index is 1.76. The quantitative estimate of drug-likeness (QED) is 0.633. The molecule has 2 amide bonds. The van der Waals surface area contributed by atoms with E-state index >= 15 is 0 Å². The lowest BCUT2D eigenvalue weighted by atomic mass is 10.1. The molecule has 0 radical (unpaired) electrons. The standard InChI is InChI=1S/C17H18N4OS/c1-2-14(12-6-4-3-5-7-12)20-17(22)21(23)13-8-9-15-16(10-13)19-11-18-15/h3-11,14,23H,2H2,1H3,(H,18,19)(H,20,22). The van der Waals surface area contributed by atoms with Gasteiger partial charge in [-0.1, -0.05) is 50.1 Å². The highest BCUT2D eigenvalue weighted by atomic mass is 32.1. The van der Waals surface area contributed by atoms with Crippen LogP contribution in [0.4, 0.5) is 10.5 Å². The minimum Gasteiger partial charge on any atom is -0.345 e. The number of hydrogen-bond acceptors (Lipinski definition) is 3. The monoisotopic (exact) mass is 326 g/mol. The van der Waals surface area contributed by atoms with Crippen molar-refractivity contribution in [2.75, 3.05) is 4.31 Å². The van der Waals surface area contributed by atoms with E-state index in [1.54, 1.807) is 6.33 Å². The third-order valence-electron chi connectivity index (χ3n) is 3.75. The van der Waals surface area contributed by atoms with Crippen molar-refractivity contribution in [2.45, 2.75) is 19.4 Å². The molecule has 6 heteroatoms. The van der Waals surface area contributed by atoms with E-state index in [0.29, 0.717) is 5.69 Å². The van der Waals surface area contributed by atoms with Gasteiger partial charge in [-0.2, -0.15) is 0 Å². The molecule has 0 spiro atoms. The summed E-state index contributed by atoms with van der Waals surface area (Å²) in [6.07, 6.45) is 2.43. The number of urea groups is 1. The predicted octanol–water partition coefficient (Wildman–Crippen LogP) is 4.08. The van der Waals surface area contributed by atoms with Gasteiger partial charge in [0.05, 0.1) is 29.1 Å². The number of aromatic nitrogens is 2. The summed E-state index contributed by atoms with van der Waals surface area (Å²) < 4.78 is 1.31. The van der Waals surface area contributed by atoms with Crippen LogP contribution in [0.2, 0.25) is 0 Å². The molecule has 0 aliphatic carbocycles. The molecule has 3 rings (SSSR count). The van der Waals surface area contributed by atoms with Crippen molar-refractivity contribution >= 4 is 35.6 Å². The minimum atomic E-state index is -0.261. The lowest BCUT2D eigenvalue weighted by Gasteiger charge is -2.22. The number of imidazole rings is 1. The molecule has 5 nitrogen and oxygen atoms in total. The first-order chi connectivity index (χ1) is 11.2. The van der Waals surface area contributed by atoms with E-state index < -0.39 is 0 Å². The van der Waals surface area contributed by atoms with Gasteiger partial charge in [-0.3, -0.25) is 0 Å². The molecule has 0 aliphatic heterocycles. The number of carbonyl (C=O) groups is 1. The molecule has 2 aromatic carbocycles. The van der Waals surface area contributed by atoms with E-state index in [-0.39, 0.29) is 12.1 Å². The number of hydrogen-bond donors (Lipinski definition) is 3. The Labute approximate surface area is 140 Å². The average Bonchev–Trinajstić information content (AvgIpc) is 3.07. The van der Waals surface area contributed by atoms with Crippen molar-refractivity contribution in [3.63, 3.8) is 0 Å². The van der Waals surface area contributed by atoms with Crippen LogP contribution in [-0.2, 0) is 0 Å². The zero-order valence-electron chi connectivity index (χ0n) is 12.7. The molecule has 23 heavy (non-hydrogen) atoms.